The van der Waals surface area contributed by atoms with Gasteiger partial charge >= 0.3 is 0 Å². The van der Waals surface area contributed by atoms with Crippen LogP contribution in [0.4, 0.5) is 4.39 Å². The van der Waals surface area contributed by atoms with E-state index in [1.807, 2.05) is 0 Å². The Morgan fingerprint density at radius 3 is 2.38 bits per heavy atom. The van der Waals surface area contributed by atoms with E-state index in [-0.39, 0.29) is 9.92 Å². The first-order valence-corrected chi connectivity index (χ1v) is 8.06. The molecule has 4 nitrogen and oxygen atoms in total. The molecule has 112 valence electrons. The van der Waals surface area contributed by atoms with Crippen molar-refractivity contribution in [1.29, 1.82) is 0 Å². The van der Waals surface area contributed by atoms with Crippen LogP contribution in [-0.2, 0) is 23.1 Å². The summed E-state index contributed by atoms with van der Waals surface area (Å²) in [5.74, 6) is -0.434. The average Bonchev–Trinajstić information content (AvgIpc) is 2.43. The van der Waals surface area contributed by atoms with Crippen LogP contribution in [0, 0.1) is 5.82 Å². The molecule has 2 aromatic carbocycles. The lowest BCUT2D eigenvalue weighted by molar-refractivity contribution is 0.588. The molecule has 0 radical (unpaired) electrons. The first-order valence-electron chi connectivity index (χ1n) is 6.13. The van der Waals surface area contributed by atoms with Gasteiger partial charge in [-0.25, -0.2) is 17.9 Å². The van der Waals surface area contributed by atoms with Crippen LogP contribution in [0.3, 0.4) is 0 Å². The number of hydrogen-bond acceptors (Lipinski definition) is 3. The topological polar surface area (TPSA) is 72.2 Å². The highest BCUT2D eigenvalue weighted by atomic mass is 35.5. The van der Waals surface area contributed by atoms with Crippen LogP contribution in [0.25, 0.3) is 0 Å². The second-order valence-corrected chi connectivity index (χ2v) is 6.47. The Morgan fingerprint density at radius 1 is 1.10 bits per heavy atom. The summed E-state index contributed by atoms with van der Waals surface area (Å²) < 4.78 is 35.9. The molecule has 0 unspecified atom stereocenters. The molecule has 0 aliphatic rings. The molecule has 0 fully saturated rings. The van der Waals surface area contributed by atoms with Gasteiger partial charge in [0.25, 0.3) is 0 Å². The Labute approximate surface area is 127 Å². The van der Waals surface area contributed by atoms with Gasteiger partial charge in [-0.3, -0.25) is 0 Å². The smallest absolute Gasteiger partial charge is 0.238 e. The van der Waals surface area contributed by atoms with Crippen molar-refractivity contribution in [2.45, 2.75) is 18.0 Å². The number of hydrogen-bond donors (Lipinski definition) is 2. The molecule has 0 heterocycles. The zero-order valence-electron chi connectivity index (χ0n) is 11.0. The van der Waals surface area contributed by atoms with Crippen LogP contribution in [0.2, 0.25) is 5.02 Å². The number of primary sulfonamides is 1. The second kappa shape index (κ2) is 6.53. The summed E-state index contributed by atoms with van der Waals surface area (Å²) >= 11 is 5.70. The van der Waals surface area contributed by atoms with Crippen molar-refractivity contribution < 1.29 is 12.8 Å². The predicted molar refractivity (Wildman–Crippen MR) is 79.8 cm³/mol. The summed E-state index contributed by atoms with van der Waals surface area (Å²) in [5, 5.41) is 8.17. The number of benzene rings is 2. The minimum absolute atomic E-state index is 0.0622. The highest BCUT2D eigenvalue weighted by molar-refractivity contribution is 7.89. The molecule has 3 N–H and O–H groups in total. The fourth-order valence-corrected chi connectivity index (χ4v) is 2.53. The van der Waals surface area contributed by atoms with E-state index in [2.05, 4.69) is 5.32 Å². The highest BCUT2D eigenvalue weighted by Crippen LogP contribution is 2.17. The van der Waals surface area contributed by atoms with E-state index in [4.69, 9.17) is 16.7 Å². The number of nitrogens with one attached hydrogen (secondary N) is 1. The molecule has 0 bridgehead atoms. The number of halogens is 2. The van der Waals surface area contributed by atoms with Gasteiger partial charge in [-0.05, 0) is 23.8 Å². The van der Waals surface area contributed by atoms with Gasteiger partial charge in [0.15, 0.2) is 0 Å². The third-order valence-corrected chi connectivity index (χ3v) is 4.15. The Hall–Kier alpha value is -1.47. The van der Waals surface area contributed by atoms with E-state index < -0.39 is 15.8 Å². The molecule has 0 aliphatic carbocycles. The first kappa shape index (κ1) is 15.9. The van der Waals surface area contributed by atoms with Crippen molar-refractivity contribution >= 4 is 21.6 Å². The zero-order valence-corrected chi connectivity index (χ0v) is 12.6. The molecular formula is C14H14ClFN2O2S. The molecule has 0 saturated heterocycles. The number of sulfonamides is 1. The molecule has 2 rings (SSSR count). The summed E-state index contributed by atoms with van der Waals surface area (Å²) in [7, 11) is -3.68. The van der Waals surface area contributed by atoms with Gasteiger partial charge < -0.3 is 5.32 Å². The van der Waals surface area contributed by atoms with Crippen molar-refractivity contribution in [2.24, 2.45) is 5.14 Å². The van der Waals surface area contributed by atoms with Gasteiger partial charge in [0.2, 0.25) is 10.0 Å². The van der Waals surface area contributed by atoms with Gasteiger partial charge in [-0.1, -0.05) is 35.9 Å². The minimum atomic E-state index is -3.68. The molecular weight excluding hydrogens is 315 g/mol. The molecule has 0 aliphatic heterocycles. The van der Waals surface area contributed by atoms with E-state index in [9.17, 15) is 12.8 Å². The second-order valence-electron chi connectivity index (χ2n) is 4.51. The average molecular weight is 329 g/mol. The molecule has 0 amide bonds. The van der Waals surface area contributed by atoms with Gasteiger partial charge in [-0.15, -0.1) is 0 Å². The Morgan fingerprint density at radius 2 is 1.76 bits per heavy atom. The predicted octanol–water partition coefficient (Wildman–Crippen LogP) is 2.42. The van der Waals surface area contributed by atoms with E-state index in [0.29, 0.717) is 18.7 Å². The fourth-order valence-electron chi connectivity index (χ4n) is 1.82. The standard InChI is InChI=1S/C14H14ClFN2O2S/c15-13-3-1-2-11(14(13)16)9-18-8-10-4-6-12(7-5-10)21(17,19)20/h1-7,18H,8-9H2,(H2,17,19,20). The van der Waals surface area contributed by atoms with Gasteiger partial charge in [0.1, 0.15) is 5.82 Å². The van der Waals surface area contributed by atoms with Crippen molar-refractivity contribution in [2.75, 3.05) is 0 Å². The highest BCUT2D eigenvalue weighted by Gasteiger charge is 2.07. The molecule has 0 aromatic heterocycles. The maximum atomic E-state index is 13.7. The van der Waals surface area contributed by atoms with Gasteiger partial charge in [0.05, 0.1) is 9.92 Å². The summed E-state index contributed by atoms with van der Waals surface area (Å²) in [6.07, 6.45) is 0. The van der Waals surface area contributed by atoms with Crippen LogP contribution in [-0.4, -0.2) is 8.42 Å². The molecule has 0 spiro atoms. The lowest BCUT2D eigenvalue weighted by Crippen LogP contribution is -2.15. The number of nitrogens with two attached hydrogens (primary N) is 1. The Kier molecular flexibility index (Phi) is 4.95. The maximum absolute atomic E-state index is 13.7. The van der Waals surface area contributed by atoms with Crippen molar-refractivity contribution in [3.8, 4) is 0 Å². The van der Waals surface area contributed by atoms with Crippen LogP contribution >= 0.6 is 11.6 Å². The van der Waals surface area contributed by atoms with Crippen LogP contribution in [0.5, 0.6) is 0 Å². The van der Waals surface area contributed by atoms with Crippen LogP contribution < -0.4 is 10.5 Å². The molecule has 0 saturated carbocycles. The molecule has 21 heavy (non-hydrogen) atoms. The summed E-state index contributed by atoms with van der Waals surface area (Å²) in [6, 6.07) is 11.0. The van der Waals surface area contributed by atoms with Crippen molar-refractivity contribution in [3.05, 3.63) is 64.4 Å². The Balaban J connectivity index is 1.96. The van der Waals surface area contributed by atoms with E-state index in [0.717, 1.165) is 5.56 Å². The quantitative estimate of drug-likeness (QED) is 0.885. The van der Waals surface area contributed by atoms with Crippen LogP contribution in [0.1, 0.15) is 11.1 Å². The summed E-state index contributed by atoms with van der Waals surface area (Å²) in [6.45, 7) is 0.792. The minimum Gasteiger partial charge on any atom is -0.309 e. The first-order chi connectivity index (χ1) is 9.88. The molecule has 7 heteroatoms. The van der Waals surface area contributed by atoms with E-state index in [1.165, 1.54) is 18.2 Å². The largest absolute Gasteiger partial charge is 0.309 e. The van der Waals surface area contributed by atoms with Gasteiger partial charge in [0, 0.05) is 18.7 Å². The third kappa shape index (κ3) is 4.25. The molecule has 2 aromatic rings. The Bertz CT molecular complexity index is 733. The van der Waals surface area contributed by atoms with Crippen molar-refractivity contribution in [3.63, 3.8) is 0 Å². The lowest BCUT2D eigenvalue weighted by Gasteiger charge is -2.07. The summed E-state index contributed by atoms with van der Waals surface area (Å²) in [4.78, 5) is 0.0622. The van der Waals surface area contributed by atoms with Crippen molar-refractivity contribution in [1.82, 2.24) is 5.32 Å². The maximum Gasteiger partial charge on any atom is 0.238 e. The zero-order chi connectivity index (χ0) is 15.5. The fraction of sp³-hybridized carbons (Fsp3) is 0.143. The summed E-state index contributed by atoms with van der Waals surface area (Å²) in [5.41, 5.74) is 1.34. The van der Waals surface area contributed by atoms with Crippen LogP contribution in [0.15, 0.2) is 47.4 Å². The monoisotopic (exact) mass is 328 g/mol. The number of rotatable bonds is 5. The van der Waals surface area contributed by atoms with Gasteiger partial charge in [-0.2, -0.15) is 0 Å². The SMILES string of the molecule is NS(=O)(=O)c1ccc(CNCc2cccc(Cl)c2F)cc1. The van der Waals surface area contributed by atoms with E-state index in [1.54, 1.807) is 24.3 Å². The normalized spacial score (nSPS) is 11.6. The lowest BCUT2D eigenvalue weighted by atomic mass is 10.2. The van der Waals surface area contributed by atoms with E-state index >= 15 is 0 Å². The third-order valence-electron chi connectivity index (χ3n) is 2.93. The molecule has 0 atom stereocenters.